The Balaban J connectivity index is 1.61. The minimum Gasteiger partial charge on any atom is -0.466 e. The molecule has 1 aromatic carbocycles. The van der Waals surface area contributed by atoms with Gasteiger partial charge in [-0.3, -0.25) is 4.79 Å². The number of nitrogens with zero attached hydrogens (tertiary/aromatic N) is 2. The number of rotatable bonds is 5. The maximum absolute atomic E-state index is 13.9. The van der Waals surface area contributed by atoms with E-state index in [1.54, 1.807) is 13.8 Å². The molecule has 0 saturated heterocycles. The smallest absolute Gasteiger partial charge is 0.410 e. The van der Waals surface area contributed by atoms with Gasteiger partial charge >= 0.3 is 6.18 Å². The van der Waals surface area contributed by atoms with Crippen LogP contribution >= 0.6 is 0 Å². The van der Waals surface area contributed by atoms with Gasteiger partial charge in [-0.1, -0.05) is 31.2 Å². The number of carbonyl (C=O) groups excluding carboxylic acids is 1. The van der Waals surface area contributed by atoms with Crippen molar-refractivity contribution in [2.24, 2.45) is 0 Å². The van der Waals surface area contributed by atoms with E-state index in [1.165, 1.54) is 6.20 Å². The van der Waals surface area contributed by atoms with Crippen molar-refractivity contribution in [3.05, 3.63) is 70.3 Å². The Morgan fingerprint density at radius 2 is 2.00 bits per heavy atom. The van der Waals surface area contributed by atoms with Gasteiger partial charge in [-0.05, 0) is 37.5 Å². The average molecular weight is 446 g/mol. The molecule has 2 aromatic heterocycles. The average Bonchev–Trinajstić information content (AvgIpc) is 3.32. The lowest BCUT2D eigenvalue weighted by Crippen LogP contribution is -2.36. The van der Waals surface area contributed by atoms with Crippen molar-refractivity contribution >= 4 is 11.7 Å². The third-order valence-corrected chi connectivity index (χ3v) is 5.86. The number of aromatic nitrogens is 2. The number of fused-ring (bicyclic) bond motifs is 1. The Hall–Kier alpha value is -3.23. The van der Waals surface area contributed by atoms with Gasteiger partial charge in [-0.15, -0.1) is 0 Å². The van der Waals surface area contributed by atoms with Gasteiger partial charge in [0.15, 0.2) is 6.04 Å². The SMILES string of the molecule is CCc1ccc([C@H]2C[C@@H](C(F)(F)F)n3ncc(C(=O)NCc4cc(C)oc4C)c3N2)cc1. The van der Waals surface area contributed by atoms with Gasteiger partial charge in [0.05, 0.1) is 12.2 Å². The highest BCUT2D eigenvalue weighted by atomic mass is 19.4. The lowest BCUT2D eigenvalue weighted by atomic mass is 9.95. The molecule has 3 aromatic rings. The van der Waals surface area contributed by atoms with Crippen LogP contribution in [0.15, 0.2) is 40.9 Å². The van der Waals surface area contributed by atoms with E-state index in [1.807, 2.05) is 37.3 Å². The fourth-order valence-electron chi connectivity index (χ4n) is 4.06. The van der Waals surface area contributed by atoms with Crippen LogP contribution in [0.25, 0.3) is 0 Å². The zero-order valence-corrected chi connectivity index (χ0v) is 18.1. The highest BCUT2D eigenvalue weighted by Gasteiger charge is 2.47. The van der Waals surface area contributed by atoms with E-state index in [4.69, 9.17) is 4.42 Å². The second kappa shape index (κ2) is 8.37. The van der Waals surface area contributed by atoms with Gasteiger partial charge in [-0.2, -0.15) is 18.3 Å². The molecule has 0 bridgehead atoms. The number of amides is 1. The molecule has 170 valence electrons. The molecule has 0 radical (unpaired) electrons. The Morgan fingerprint density at radius 3 is 2.59 bits per heavy atom. The first-order valence-corrected chi connectivity index (χ1v) is 10.5. The number of furan rings is 1. The Bertz CT molecular complexity index is 1120. The van der Waals surface area contributed by atoms with Crippen LogP contribution in [0.4, 0.5) is 19.0 Å². The van der Waals surface area contributed by atoms with Crippen molar-refractivity contribution in [3.63, 3.8) is 0 Å². The molecular formula is C23H25F3N4O2. The standard InChI is InChI=1S/C23H25F3N4O2/c1-4-15-5-7-16(8-6-15)19-10-20(23(24,25)26)30-21(29-19)18(12-28-30)22(31)27-11-17-9-13(2)32-14(17)3/h5-9,12,19-20,29H,4,10-11H2,1-3H3,(H,27,31)/t19-,20+/m1/s1. The number of hydrogen-bond acceptors (Lipinski definition) is 4. The molecule has 0 spiro atoms. The minimum absolute atomic E-state index is 0.0701. The number of halogens is 3. The zero-order chi connectivity index (χ0) is 23.0. The van der Waals surface area contributed by atoms with Crippen LogP contribution < -0.4 is 10.6 Å². The molecular weight excluding hydrogens is 421 g/mol. The summed E-state index contributed by atoms with van der Waals surface area (Å²) in [6.45, 7) is 5.82. The van der Waals surface area contributed by atoms with Crippen LogP contribution in [0.5, 0.6) is 0 Å². The van der Waals surface area contributed by atoms with E-state index in [0.29, 0.717) is 5.76 Å². The predicted octanol–water partition coefficient (Wildman–Crippen LogP) is 5.25. The summed E-state index contributed by atoms with van der Waals surface area (Å²) in [5, 5.41) is 9.79. The molecule has 0 saturated carbocycles. The molecule has 1 aliphatic rings. The van der Waals surface area contributed by atoms with Gasteiger partial charge in [0.25, 0.3) is 5.91 Å². The Morgan fingerprint density at radius 1 is 1.28 bits per heavy atom. The summed E-state index contributed by atoms with van der Waals surface area (Å²) in [7, 11) is 0. The van der Waals surface area contributed by atoms with Crippen molar-refractivity contribution in [1.29, 1.82) is 0 Å². The monoisotopic (exact) mass is 446 g/mol. The van der Waals surface area contributed by atoms with Gasteiger partial charge in [0.1, 0.15) is 22.9 Å². The number of alkyl halides is 3. The number of hydrogen-bond donors (Lipinski definition) is 2. The molecule has 4 rings (SSSR count). The molecule has 9 heteroatoms. The first kappa shape index (κ1) is 22.0. The molecule has 0 unspecified atom stereocenters. The first-order chi connectivity index (χ1) is 15.2. The number of benzene rings is 1. The molecule has 0 aliphatic carbocycles. The maximum Gasteiger partial charge on any atom is 0.410 e. The second-order valence-electron chi connectivity index (χ2n) is 8.06. The van der Waals surface area contributed by atoms with E-state index < -0.39 is 24.2 Å². The van der Waals surface area contributed by atoms with Gasteiger partial charge in [0.2, 0.25) is 0 Å². The first-order valence-electron chi connectivity index (χ1n) is 10.5. The topological polar surface area (TPSA) is 72.1 Å². The van der Waals surface area contributed by atoms with Gasteiger partial charge in [-0.25, -0.2) is 4.68 Å². The van der Waals surface area contributed by atoms with Crippen molar-refractivity contribution in [3.8, 4) is 0 Å². The number of carbonyl (C=O) groups is 1. The summed E-state index contributed by atoms with van der Waals surface area (Å²) in [5.41, 5.74) is 2.73. The van der Waals surface area contributed by atoms with E-state index in [2.05, 4.69) is 15.7 Å². The molecule has 3 heterocycles. The second-order valence-corrected chi connectivity index (χ2v) is 8.06. The van der Waals surface area contributed by atoms with Crippen LogP contribution in [-0.4, -0.2) is 21.9 Å². The third-order valence-electron chi connectivity index (χ3n) is 5.86. The number of aryl methyl sites for hydroxylation is 3. The highest BCUT2D eigenvalue weighted by molar-refractivity contribution is 5.98. The lowest BCUT2D eigenvalue weighted by Gasteiger charge is -2.34. The van der Waals surface area contributed by atoms with Crippen LogP contribution in [-0.2, 0) is 13.0 Å². The quantitative estimate of drug-likeness (QED) is 0.562. The van der Waals surface area contributed by atoms with Crippen molar-refractivity contribution in [1.82, 2.24) is 15.1 Å². The molecule has 32 heavy (non-hydrogen) atoms. The van der Waals surface area contributed by atoms with E-state index in [0.717, 1.165) is 33.6 Å². The third kappa shape index (κ3) is 4.24. The minimum atomic E-state index is -4.50. The molecule has 6 nitrogen and oxygen atoms in total. The molecule has 1 amide bonds. The normalized spacial score (nSPS) is 18.2. The van der Waals surface area contributed by atoms with Crippen molar-refractivity contribution in [2.75, 3.05) is 5.32 Å². The summed E-state index contributed by atoms with van der Waals surface area (Å²) in [6.07, 6.45) is -2.68. The van der Waals surface area contributed by atoms with Crippen molar-refractivity contribution < 1.29 is 22.4 Å². The van der Waals surface area contributed by atoms with Crippen LogP contribution in [0, 0.1) is 13.8 Å². The van der Waals surface area contributed by atoms with Crippen LogP contribution in [0.1, 0.15) is 64.0 Å². The fourth-order valence-corrected chi connectivity index (χ4v) is 4.06. The number of anilines is 1. The summed E-state index contributed by atoms with van der Waals surface area (Å²) in [5.74, 6) is 0.979. The Labute approximate surface area is 183 Å². The summed E-state index contributed by atoms with van der Waals surface area (Å²) >= 11 is 0. The summed E-state index contributed by atoms with van der Waals surface area (Å²) < 4.78 is 47.9. The molecule has 0 fully saturated rings. The van der Waals surface area contributed by atoms with Crippen LogP contribution in [0.2, 0.25) is 0 Å². The van der Waals surface area contributed by atoms with Crippen molar-refractivity contribution in [2.45, 2.75) is 58.4 Å². The van der Waals surface area contributed by atoms with E-state index in [-0.39, 0.29) is 24.3 Å². The largest absolute Gasteiger partial charge is 0.466 e. The molecule has 2 N–H and O–H groups in total. The predicted molar refractivity (Wildman–Crippen MR) is 113 cm³/mol. The molecule has 2 atom stereocenters. The highest BCUT2D eigenvalue weighted by Crippen LogP contribution is 2.44. The van der Waals surface area contributed by atoms with Crippen LogP contribution in [0.3, 0.4) is 0 Å². The van der Waals surface area contributed by atoms with Gasteiger partial charge < -0.3 is 15.1 Å². The van der Waals surface area contributed by atoms with E-state index in [9.17, 15) is 18.0 Å². The van der Waals surface area contributed by atoms with Gasteiger partial charge in [0, 0.05) is 18.5 Å². The maximum atomic E-state index is 13.9. The number of nitrogens with one attached hydrogen (secondary N) is 2. The van der Waals surface area contributed by atoms with E-state index >= 15 is 0 Å². The fraction of sp³-hybridized carbons (Fsp3) is 0.391. The molecule has 1 aliphatic heterocycles. The zero-order valence-electron chi connectivity index (χ0n) is 18.1. The summed E-state index contributed by atoms with van der Waals surface area (Å²) in [4.78, 5) is 12.8. The lowest BCUT2D eigenvalue weighted by molar-refractivity contribution is -0.173. The Kier molecular flexibility index (Phi) is 5.75. The summed E-state index contributed by atoms with van der Waals surface area (Å²) in [6, 6.07) is 6.89.